The zero-order chi connectivity index (χ0) is 6.41. The maximum Gasteiger partial charge on any atom is 0 e. The van der Waals surface area contributed by atoms with Crippen LogP contribution >= 0.6 is 58.1 Å². The zero-order valence-electron chi connectivity index (χ0n) is 5.60. The molecule has 0 aliphatic rings. The summed E-state index contributed by atoms with van der Waals surface area (Å²) >= 11 is 0. The molecule has 0 aromatic rings. The van der Waals surface area contributed by atoms with Gasteiger partial charge in [-0.1, -0.05) is 0 Å². The van der Waals surface area contributed by atoms with Gasteiger partial charge in [0.25, 0.3) is 0 Å². The van der Waals surface area contributed by atoms with Crippen molar-refractivity contribution in [2.24, 2.45) is 0 Å². The van der Waals surface area contributed by atoms with Gasteiger partial charge in [0.05, 0.1) is 0 Å². The molecule has 0 heterocycles. The molecule has 10 heavy (non-hydrogen) atoms. The van der Waals surface area contributed by atoms with E-state index in [0.717, 1.165) is 0 Å². The third-order valence-corrected chi connectivity index (χ3v) is 0. The molecule has 0 atom stereocenters. The van der Waals surface area contributed by atoms with Crippen LogP contribution in [0.3, 0.4) is 0 Å². The predicted octanol–water partition coefficient (Wildman–Crippen LogP) is 2.99. The maximum absolute atomic E-state index is 5.15. The summed E-state index contributed by atoms with van der Waals surface area (Å²) in [4.78, 5) is 0. The summed E-state index contributed by atoms with van der Waals surface area (Å²) in [6, 6.07) is 0. The molecular formula is Cl6K3Rh. The first-order valence-electron chi connectivity index (χ1n) is 0.756. The van der Waals surface area contributed by atoms with Gasteiger partial charge >= 0.3 is 64.6 Å². The van der Waals surface area contributed by atoms with Gasteiger partial charge in [-0.05, 0) is 0 Å². The van der Waals surface area contributed by atoms with Gasteiger partial charge in [0, 0.05) is 154 Å². The summed E-state index contributed by atoms with van der Waals surface area (Å²) in [5.41, 5.74) is 0. The third kappa shape index (κ3) is 58.8. The minimum Gasteiger partial charge on any atom is 0 e. The van der Waals surface area contributed by atoms with Crippen molar-refractivity contribution in [3.05, 3.63) is 0 Å². The van der Waals surface area contributed by atoms with Crippen LogP contribution in [0, 0.1) is 0 Å². The number of hydrogen-bond acceptors (Lipinski definition) is 0. The fraction of sp³-hybridized carbons (Fsp3) is 0. The number of halogens is 6. The average Bonchev–Trinajstić information content (AvgIpc) is 0.592. The van der Waals surface area contributed by atoms with Gasteiger partial charge in [-0.3, -0.25) is 0 Å². The van der Waals surface area contributed by atoms with Crippen LogP contribution in [0.1, 0.15) is 0 Å². The summed E-state index contributed by atoms with van der Waals surface area (Å²) in [6.07, 6.45) is 0. The maximum atomic E-state index is 5.04. The molecular weight excluding hydrogens is 433 g/mol. The molecule has 0 bridgehead atoms. The molecule has 0 aliphatic carbocycles. The summed E-state index contributed by atoms with van der Waals surface area (Å²) in [5.74, 6) is 0. The second-order valence-corrected chi connectivity index (χ2v) is 38.0. The summed E-state index contributed by atoms with van der Waals surface area (Å²) in [7, 11) is 30.2. The smallest absolute Gasteiger partial charge is 0 e. The molecule has 10 heteroatoms. The van der Waals surface area contributed by atoms with E-state index in [-0.39, 0.29) is 154 Å². The quantitative estimate of drug-likeness (QED) is 0.516. The first-order valence-corrected chi connectivity index (χ1v) is 13.4. The van der Waals surface area contributed by atoms with Crippen LogP contribution in [0.4, 0.5) is 0 Å². The molecule has 0 amide bonds. The summed E-state index contributed by atoms with van der Waals surface area (Å²) in [6.45, 7) is -5.15. The summed E-state index contributed by atoms with van der Waals surface area (Å²) < 4.78 is 0. The van der Waals surface area contributed by atoms with E-state index in [1.165, 1.54) is 0 Å². The molecule has 0 aliphatic heterocycles. The Hall–Kier alpha value is 7.27. The van der Waals surface area contributed by atoms with Crippen molar-refractivity contribution in [1.29, 1.82) is 0 Å². The Bertz CT molecular complexity index is 71.6. The van der Waals surface area contributed by atoms with Gasteiger partial charge in [-0.25, -0.2) is 0 Å². The van der Waals surface area contributed by atoms with Gasteiger partial charge in [0.2, 0.25) is 0 Å². The van der Waals surface area contributed by atoms with Crippen LogP contribution in [0.25, 0.3) is 0 Å². The second kappa shape index (κ2) is 7.65. The van der Waals surface area contributed by atoms with Crippen molar-refractivity contribution in [3.63, 3.8) is 0 Å². The number of rotatable bonds is 0. The molecule has 0 saturated carbocycles. The molecule has 0 N–H and O–H groups in total. The molecule has 0 saturated heterocycles. The van der Waals surface area contributed by atoms with Crippen LogP contribution in [0.15, 0.2) is 0 Å². The first-order chi connectivity index (χ1) is 2.45. The molecule has 3 radical (unpaired) electrons. The minimum atomic E-state index is -5.15. The second-order valence-electron chi connectivity index (χ2n) is 0.714. The number of hydrogen-bond donors (Lipinski definition) is 0. The van der Waals surface area contributed by atoms with E-state index in [1.807, 2.05) is 0 Å². The van der Waals surface area contributed by atoms with Crippen LogP contribution in [0.2, 0.25) is 0 Å². The average molecular weight is 433 g/mol. The van der Waals surface area contributed by atoms with E-state index >= 15 is 0 Å². The Labute approximate surface area is 211 Å². The van der Waals surface area contributed by atoms with Crippen LogP contribution < -0.4 is 0 Å². The van der Waals surface area contributed by atoms with E-state index in [4.69, 9.17) is 58.1 Å². The topological polar surface area (TPSA) is 0 Å². The molecule has 0 spiro atoms. The van der Waals surface area contributed by atoms with E-state index in [2.05, 4.69) is 0 Å². The molecule has 0 aromatic heterocycles. The molecule has 0 aromatic carbocycles. The van der Waals surface area contributed by atoms with Crippen LogP contribution in [-0.2, 0) is 6.48 Å². The van der Waals surface area contributed by atoms with E-state index < -0.39 is 6.48 Å². The standard InChI is InChI=1S/6ClH.3K.Rh/h6*1H;;;;/q;;;;;;;;;+6/p-6. The molecule has 0 rings (SSSR count). The monoisotopic (exact) mass is 430 g/mol. The van der Waals surface area contributed by atoms with Crippen LogP contribution in [-0.4, -0.2) is 154 Å². The molecule has 0 nitrogen and oxygen atoms in total. The van der Waals surface area contributed by atoms with Gasteiger partial charge in [0.1, 0.15) is 0 Å². The van der Waals surface area contributed by atoms with Crippen molar-refractivity contribution in [3.8, 4) is 0 Å². The van der Waals surface area contributed by atoms with Gasteiger partial charge in [-0.15, -0.1) is 0 Å². The predicted molar refractivity (Wildman–Crippen MR) is 52.4 cm³/mol. The Morgan fingerprint density at radius 2 is 0.500 bits per heavy atom. The molecule has 0 fully saturated rings. The van der Waals surface area contributed by atoms with Gasteiger partial charge in [-0.2, -0.15) is 0 Å². The van der Waals surface area contributed by atoms with Crippen molar-refractivity contribution >= 4 is 212 Å². The third-order valence-electron chi connectivity index (χ3n) is 0. The minimum absolute atomic E-state index is 0. The Balaban J connectivity index is -0.0000000600. The van der Waals surface area contributed by atoms with Gasteiger partial charge in [0.15, 0.2) is 0 Å². The SMILES string of the molecule is [Cl][Rh]([Cl])([Cl])([Cl])([Cl])[Cl].[K].[K].[K]. The van der Waals surface area contributed by atoms with Crippen molar-refractivity contribution in [2.45, 2.75) is 0 Å². The first kappa shape index (κ1) is 26.0. The Kier molecular flexibility index (Phi) is 19.9. The van der Waals surface area contributed by atoms with Crippen molar-refractivity contribution in [2.75, 3.05) is 0 Å². The fourth-order valence-electron chi connectivity index (χ4n) is 0. The van der Waals surface area contributed by atoms with E-state index in [0.29, 0.717) is 0 Å². The molecule has 0 unspecified atom stereocenters. The normalized spacial score (nSPS) is 16.2. The molecule has 54 valence electrons. The largest absolute Gasteiger partial charge is 0 e. The summed E-state index contributed by atoms with van der Waals surface area (Å²) in [5, 5.41) is 0. The van der Waals surface area contributed by atoms with Crippen molar-refractivity contribution < 1.29 is 6.48 Å². The van der Waals surface area contributed by atoms with E-state index in [1.54, 1.807) is 0 Å². The van der Waals surface area contributed by atoms with Crippen LogP contribution in [0.5, 0.6) is 0 Å². The zero-order valence-corrected chi connectivity index (χ0v) is 21.1. The Morgan fingerprint density at radius 3 is 0.500 bits per heavy atom. The Morgan fingerprint density at radius 1 is 0.500 bits per heavy atom. The van der Waals surface area contributed by atoms with Crippen molar-refractivity contribution in [1.82, 2.24) is 0 Å². The van der Waals surface area contributed by atoms with Gasteiger partial charge < -0.3 is 0 Å². The fourth-order valence-corrected chi connectivity index (χ4v) is 0. The van der Waals surface area contributed by atoms with E-state index in [9.17, 15) is 0 Å².